The molecule has 1 aliphatic carbocycles. The number of nitrogens with two attached hydrogens (primary N) is 1. The molecular weight excluding hydrogens is 388 g/mol. The van der Waals surface area contributed by atoms with E-state index in [-0.39, 0.29) is 0 Å². The molecule has 1 atom stereocenters. The highest BCUT2D eigenvalue weighted by molar-refractivity contribution is 5.92. The van der Waals surface area contributed by atoms with E-state index in [1.807, 2.05) is 53.4 Å². The van der Waals surface area contributed by atoms with E-state index in [1.54, 1.807) is 6.20 Å². The van der Waals surface area contributed by atoms with Gasteiger partial charge < -0.3 is 15.4 Å². The lowest BCUT2D eigenvalue weighted by atomic mass is 10.1. The van der Waals surface area contributed by atoms with Gasteiger partial charge in [0.2, 0.25) is 0 Å². The van der Waals surface area contributed by atoms with Crippen molar-refractivity contribution in [2.24, 2.45) is 0 Å². The van der Waals surface area contributed by atoms with Crippen LogP contribution in [0.4, 0.5) is 5.82 Å². The van der Waals surface area contributed by atoms with E-state index >= 15 is 0 Å². The summed E-state index contributed by atoms with van der Waals surface area (Å²) in [6.07, 6.45) is 8.54. The molecule has 0 bridgehead atoms. The van der Waals surface area contributed by atoms with Gasteiger partial charge >= 0.3 is 0 Å². The summed E-state index contributed by atoms with van der Waals surface area (Å²) in [6, 6.07) is 12.0. The first-order valence-corrected chi connectivity index (χ1v) is 10.2. The molecule has 7 nitrogen and oxygen atoms in total. The quantitative estimate of drug-likeness (QED) is 0.345. The third kappa shape index (κ3) is 4.26. The Hall–Kier alpha value is -3.73. The first-order valence-electron chi connectivity index (χ1n) is 10.2. The van der Waals surface area contributed by atoms with Crippen LogP contribution < -0.4 is 11.1 Å². The van der Waals surface area contributed by atoms with Gasteiger partial charge in [-0.25, -0.2) is 9.97 Å². The van der Waals surface area contributed by atoms with Crippen LogP contribution in [0.15, 0.2) is 61.3 Å². The number of nitrogens with one attached hydrogen (secondary N) is 1. The number of nitrogens with zero attached hydrogens (tertiary/aromatic N) is 4. The number of hydrogen-bond acceptors (Lipinski definition) is 6. The third-order valence-electron chi connectivity index (χ3n) is 5.27. The van der Waals surface area contributed by atoms with E-state index in [0.717, 1.165) is 46.1 Å². The van der Waals surface area contributed by atoms with Gasteiger partial charge in [0.05, 0.1) is 17.5 Å². The second-order valence-electron chi connectivity index (χ2n) is 7.71. The van der Waals surface area contributed by atoms with Gasteiger partial charge in [0.1, 0.15) is 24.0 Å². The highest BCUT2D eigenvalue weighted by Crippen LogP contribution is 2.25. The second-order valence-corrected chi connectivity index (χ2v) is 7.71. The molecule has 7 heteroatoms. The van der Waals surface area contributed by atoms with Crippen LogP contribution in [0.25, 0.3) is 11.0 Å². The minimum atomic E-state index is -0.681. The van der Waals surface area contributed by atoms with Gasteiger partial charge in [0.25, 0.3) is 0 Å². The summed E-state index contributed by atoms with van der Waals surface area (Å²) in [4.78, 5) is 12.8. The van der Waals surface area contributed by atoms with E-state index in [1.165, 1.54) is 6.33 Å². The maximum Gasteiger partial charge on any atom is 0.147 e. The maximum absolute atomic E-state index is 10.4. The Morgan fingerprint density at radius 3 is 2.90 bits per heavy atom. The first kappa shape index (κ1) is 19.2. The number of rotatable bonds is 5. The summed E-state index contributed by atoms with van der Waals surface area (Å²) in [5.41, 5.74) is 10.3. The fraction of sp³-hybridized carbons (Fsp3) is 0.208. The number of fused-ring (bicyclic) bond motifs is 1. The monoisotopic (exact) mass is 410 g/mol. The summed E-state index contributed by atoms with van der Waals surface area (Å²) >= 11 is 0. The molecule has 0 saturated heterocycles. The summed E-state index contributed by atoms with van der Waals surface area (Å²) < 4.78 is 2.01. The van der Waals surface area contributed by atoms with Gasteiger partial charge in [-0.1, -0.05) is 30.0 Å². The molecule has 3 heterocycles. The molecule has 3 aromatic heterocycles. The number of hydrogen-bond donors (Lipinski definition) is 3. The van der Waals surface area contributed by atoms with Gasteiger partial charge in [-0.3, -0.25) is 10.3 Å². The lowest BCUT2D eigenvalue weighted by Gasteiger charge is -2.12. The van der Waals surface area contributed by atoms with Crippen molar-refractivity contribution in [3.63, 3.8) is 0 Å². The van der Waals surface area contributed by atoms with Crippen molar-refractivity contribution < 1.29 is 5.11 Å². The molecule has 0 radical (unpaired) electrons. The number of nitrogen functional groups attached to an aromatic ring is 1. The van der Waals surface area contributed by atoms with Crippen LogP contribution in [0.2, 0.25) is 0 Å². The molecule has 4 N–H and O–H groups in total. The van der Waals surface area contributed by atoms with Crippen LogP contribution in [-0.4, -0.2) is 30.7 Å². The largest absolute Gasteiger partial charge is 0.383 e. The Labute approximate surface area is 180 Å². The van der Waals surface area contributed by atoms with E-state index in [2.05, 4.69) is 32.1 Å². The minimum Gasteiger partial charge on any atom is -0.383 e. The third-order valence-corrected chi connectivity index (χ3v) is 5.27. The molecular formula is C24H22N6O. The van der Waals surface area contributed by atoms with E-state index in [9.17, 15) is 5.11 Å². The number of pyridine rings is 1. The number of benzene rings is 1. The standard InChI is InChI=1S/C24H22N6O/c25-22-21-19(7-6-16-3-1-5-18(11-16)24(31)29-20-8-9-20)14-30(23(21)28-15-27-22)13-17-4-2-10-26-12-17/h1-5,10-12,14-15,20,24,29,31H,8-9,13H2,(H2,25,27,28). The van der Waals surface area contributed by atoms with Crippen LogP contribution in [-0.2, 0) is 6.54 Å². The number of anilines is 1. The Balaban J connectivity index is 1.48. The van der Waals surface area contributed by atoms with Gasteiger partial charge in [0, 0.05) is 30.2 Å². The average molecular weight is 410 g/mol. The molecule has 0 amide bonds. The zero-order valence-electron chi connectivity index (χ0n) is 16.9. The zero-order chi connectivity index (χ0) is 21.2. The van der Waals surface area contributed by atoms with Crippen molar-refractivity contribution in [1.29, 1.82) is 0 Å². The predicted molar refractivity (Wildman–Crippen MR) is 119 cm³/mol. The Kier molecular flexibility index (Phi) is 5.08. The molecule has 154 valence electrons. The number of aromatic nitrogens is 4. The average Bonchev–Trinajstić information content (AvgIpc) is 3.54. The smallest absolute Gasteiger partial charge is 0.147 e. The zero-order valence-corrected chi connectivity index (χ0v) is 16.9. The van der Waals surface area contributed by atoms with Crippen molar-refractivity contribution >= 4 is 16.9 Å². The molecule has 4 aromatic rings. The predicted octanol–water partition coefficient (Wildman–Crippen LogP) is 2.60. The molecule has 0 spiro atoms. The van der Waals surface area contributed by atoms with Crippen molar-refractivity contribution in [3.05, 3.63) is 83.6 Å². The summed E-state index contributed by atoms with van der Waals surface area (Å²) in [6.45, 7) is 0.608. The van der Waals surface area contributed by atoms with Gasteiger partial charge in [-0.15, -0.1) is 0 Å². The minimum absolute atomic E-state index is 0.400. The highest BCUT2D eigenvalue weighted by atomic mass is 16.3. The Bertz CT molecular complexity index is 1280. The van der Waals surface area contributed by atoms with Gasteiger partial charge in [-0.2, -0.15) is 0 Å². The van der Waals surface area contributed by atoms with Crippen LogP contribution in [0, 0.1) is 11.8 Å². The van der Waals surface area contributed by atoms with Crippen molar-refractivity contribution in [3.8, 4) is 11.8 Å². The van der Waals surface area contributed by atoms with Crippen LogP contribution in [0.3, 0.4) is 0 Å². The molecule has 1 aromatic carbocycles. The highest BCUT2D eigenvalue weighted by Gasteiger charge is 2.24. The molecule has 31 heavy (non-hydrogen) atoms. The molecule has 1 saturated carbocycles. The number of aliphatic hydroxyl groups is 1. The molecule has 1 unspecified atom stereocenters. The van der Waals surface area contributed by atoms with Crippen molar-refractivity contribution in [1.82, 2.24) is 24.8 Å². The normalized spacial score (nSPS) is 14.2. The molecule has 0 aliphatic heterocycles. The molecule has 1 aliphatic rings. The SMILES string of the molecule is Nc1ncnc2c1c(C#Cc1cccc(C(O)NC3CC3)c1)cn2Cc1cccnc1. The van der Waals surface area contributed by atoms with Crippen LogP contribution in [0.1, 0.15) is 41.3 Å². The Morgan fingerprint density at radius 1 is 1.19 bits per heavy atom. The van der Waals surface area contributed by atoms with E-state index < -0.39 is 6.23 Å². The molecule has 5 rings (SSSR count). The maximum atomic E-state index is 10.4. The van der Waals surface area contributed by atoms with Gasteiger partial charge in [0.15, 0.2) is 0 Å². The lowest BCUT2D eigenvalue weighted by molar-refractivity contribution is 0.137. The van der Waals surface area contributed by atoms with Crippen molar-refractivity contribution in [2.75, 3.05) is 5.73 Å². The fourth-order valence-corrected chi connectivity index (χ4v) is 3.55. The number of aliphatic hydroxyl groups excluding tert-OH is 1. The first-order chi connectivity index (χ1) is 15.2. The topological polar surface area (TPSA) is 102 Å². The van der Waals surface area contributed by atoms with Crippen molar-refractivity contribution in [2.45, 2.75) is 31.7 Å². The van der Waals surface area contributed by atoms with E-state index in [0.29, 0.717) is 18.4 Å². The van der Waals surface area contributed by atoms with E-state index in [4.69, 9.17) is 5.73 Å². The lowest BCUT2D eigenvalue weighted by Crippen LogP contribution is -2.22. The summed E-state index contributed by atoms with van der Waals surface area (Å²) in [7, 11) is 0. The second kappa shape index (κ2) is 8.19. The van der Waals surface area contributed by atoms with Gasteiger partial charge in [-0.05, 0) is 42.2 Å². The summed E-state index contributed by atoms with van der Waals surface area (Å²) in [5, 5.41) is 14.3. The fourth-order valence-electron chi connectivity index (χ4n) is 3.55. The summed E-state index contributed by atoms with van der Waals surface area (Å²) in [5.74, 6) is 6.82. The van der Waals surface area contributed by atoms with Crippen LogP contribution in [0.5, 0.6) is 0 Å². The Morgan fingerprint density at radius 2 is 2.10 bits per heavy atom. The van der Waals surface area contributed by atoms with Crippen LogP contribution >= 0.6 is 0 Å². The molecule has 1 fully saturated rings.